The topological polar surface area (TPSA) is 54.0 Å². The lowest BCUT2D eigenvalue weighted by atomic mass is 10.1. The van der Waals surface area contributed by atoms with E-state index in [1.165, 1.54) is 0 Å². The fourth-order valence-electron chi connectivity index (χ4n) is 2.05. The molecular formula is C17H21N3O. The van der Waals surface area contributed by atoms with E-state index in [2.05, 4.69) is 22.5 Å². The summed E-state index contributed by atoms with van der Waals surface area (Å²) in [5.41, 5.74) is 3.64. The molecule has 0 saturated carbocycles. The summed E-state index contributed by atoms with van der Waals surface area (Å²) in [5, 5.41) is 6.15. The molecule has 2 rings (SSSR count). The first-order valence-corrected chi connectivity index (χ1v) is 7.20. The molecule has 0 radical (unpaired) electrons. The van der Waals surface area contributed by atoms with Crippen LogP contribution in [0.15, 0.2) is 36.5 Å². The smallest absolute Gasteiger partial charge is 0.259 e. The number of rotatable bonds is 5. The van der Waals surface area contributed by atoms with Crippen molar-refractivity contribution in [1.82, 2.24) is 4.98 Å². The summed E-state index contributed by atoms with van der Waals surface area (Å²) in [7, 11) is 0. The molecule has 0 atom stereocenters. The Hall–Kier alpha value is -2.36. The number of anilines is 2. The lowest BCUT2D eigenvalue weighted by molar-refractivity contribution is 0.102. The maximum atomic E-state index is 12.5. The monoisotopic (exact) mass is 283 g/mol. The first-order chi connectivity index (χ1) is 10.1. The van der Waals surface area contributed by atoms with E-state index in [9.17, 15) is 4.79 Å². The number of aryl methyl sites for hydroxylation is 1. The van der Waals surface area contributed by atoms with Crippen molar-refractivity contribution in [2.75, 3.05) is 17.2 Å². The second-order valence-corrected chi connectivity index (χ2v) is 5.03. The van der Waals surface area contributed by atoms with Crippen LogP contribution in [0.25, 0.3) is 0 Å². The summed E-state index contributed by atoms with van der Waals surface area (Å²) in [5.74, 6) is 0.484. The SMILES string of the molecule is CCCNc1ncccc1C(=O)Nc1cccc(C)c1C. The molecule has 0 spiro atoms. The molecular weight excluding hydrogens is 262 g/mol. The molecule has 4 heteroatoms. The summed E-state index contributed by atoms with van der Waals surface area (Å²) in [6.07, 6.45) is 2.67. The highest BCUT2D eigenvalue weighted by atomic mass is 16.1. The molecule has 4 nitrogen and oxygen atoms in total. The van der Waals surface area contributed by atoms with Gasteiger partial charge in [0.25, 0.3) is 5.91 Å². The summed E-state index contributed by atoms with van der Waals surface area (Å²) >= 11 is 0. The predicted octanol–water partition coefficient (Wildman–Crippen LogP) is 3.77. The third kappa shape index (κ3) is 3.60. The minimum Gasteiger partial charge on any atom is -0.369 e. The Morgan fingerprint density at radius 3 is 2.76 bits per heavy atom. The quantitative estimate of drug-likeness (QED) is 0.878. The molecule has 1 aromatic heterocycles. The molecule has 2 aromatic rings. The van der Waals surface area contributed by atoms with Crippen molar-refractivity contribution in [2.24, 2.45) is 0 Å². The summed E-state index contributed by atoms with van der Waals surface area (Å²) in [4.78, 5) is 16.7. The van der Waals surface area contributed by atoms with Gasteiger partial charge in [0.2, 0.25) is 0 Å². The van der Waals surface area contributed by atoms with E-state index < -0.39 is 0 Å². The number of carbonyl (C=O) groups is 1. The summed E-state index contributed by atoms with van der Waals surface area (Å²) in [6.45, 7) is 6.90. The van der Waals surface area contributed by atoms with Crippen LogP contribution in [-0.4, -0.2) is 17.4 Å². The Morgan fingerprint density at radius 2 is 2.00 bits per heavy atom. The van der Waals surface area contributed by atoms with Crippen LogP contribution in [0.1, 0.15) is 34.8 Å². The highest BCUT2D eigenvalue weighted by Crippen LogP contribution is 2.20. The molecule has 0 aliphatic heterocycles. The second-order valence-electron chi connectivity index (χ2n) is 5.03. The van der Waals surface area contributed by atoms with Gasteiger partial charge in [0, 0.05) is 18.4 Å². The van der Waals surface area contributed by atoms with Gasteiger partial charge in [-0.2, -0.15) is 0 Å². The average Bonchev–Trinajstić information content (AvgIpc) is 2.50. The number of hydrogen-bond donors (Lipinski definition) is 2. The Bertz CT molecular complexity index is 638. The predicted molar refractivity (Wildman–Crippen MR) is 86.9 cm³/mol. The zero-order chi connectivity index (χ0) is 15.2. The van der Waals surface area contributed by atoms with Crippen molar-refractivity contribution < 1.29 is 4.79 Å². The number of nitrogens with one attached hydrogen (secondary N) is 2. The number of benzene rings is 1. The largest absolute Gasteiger partial charge is 0.369 e. The van der Waals surface area contributed by atoms with E-state index in [-0.39, 0.29) is 5.91 Å². The maximum Gasteiger partial charge on any atom is 0.259 e. The van der Waals surface area contributed by atoms with Gasteiger partial charge in [-0.15, -0.1) is 0 Å². The highest BCUT2D eigenvalue weighted by molar-refractivity contribution is 6.07. The van der Waals surface area contributed by atoms with Gasteiger partial charge in [-0.05, 0) is 49.6 Å². The van der Waals surface area contributed by atoms with Crippen LogP contribution in [0.2, 0.25) is 0 Å². The Morgan fingerprint density at radius 1 is 1.19 bits per heavy atom. The fraction of sp³-hybridized carbons (Fsp3) is 0.294. The van der Waals surface area contributed by atoms with Gasteiger partial charge in [0.15, 0.2) is 0 Å². The highest BCUT2D eigenvalue weighted by Gasteiger charge is 2.13. The molecule has 1 aromatic carbocycles. The normalized spacial score (nSPS) is 10.2. The molecule has 1 amide bonds. The molecule has 0 bridgehead atoms. The molecule has 0 aliphatic carbocycles. The van der Waals surface area contributed by atoms with Crippen LogP contribution in [0, 0.1) is 13.8 Å². The van der Waals surface area contributed by atoms with E-state index in [0.29, 0.717) is 11.4 Å². The van der Waals surface area contributed by atoms with Gasteiger partial charge in [-0.3, -0.25) is 4.79 Å². The molecule has 0 saturated heterocycles. The van der Waals surface area contributed by atoms with Crippen LogP contribution in [0.5, 0.6) is 0 Å². The van der Waals surface area contributed by atoms with Crippen LogP contribution in [-0.2, 0) is 0 Å². The van der Waals surface area contributed by atoms with Crippen LogP contribution >= 0.6 is 0 Å². The van der Waals surface area contributed by atoms with Crippen LogP contribution in [0.4, 0.5) is 11.5 Å². The molecule has 0 aliphatic rings. The van der Waals surface area contributed by atoms with Gasteiger partial charge in [0.05, 0.1) is 5.56 Å². The van der Waals surface area contributed by atoms with E-state index in [4.69, 9.17) is 0 Å². The number of nitrogens with zero attached hydrogens (tertiary/aromatic N) is 1. The van der Waals surface area contributed by atoms with Crippen molar-refractivity contribution in [3.05, 3.63) is 53.2 Å². The molecule has 0 fully saturated rings. The van der Waals surface area contributed by atoms with Gasteiger partial charge in [-0.25, -0.2) is 4.98 Å². The number of carbonyl (C=O) groups excluding carboxylic acids is 1. The standard InChI is InChI=1S/C17H21N3O/c1-4-10-18-16-14(8-6-11-19-16)17(21)20-15-9-5-7-12(2)13(15)3/h5-9,11H,4,10H2,1-3H3,(H,18,19)(H,20,21). The van der Waals surface area contributed by atoms with Gasteiger partial charge in [-0.1, -0.05) is 19.1 Å². The molecule has 21 heavy (non-hydrogen) atoms. The maximum absolute atomic E-state index is 12.5. The molecule has 0 unspecified atom stereocenters. The number of amides is 1. The average molecular weight is 283 g/mol. The van der Waals surface area contributed by atoms with Gasteiger partial charge < -0.3 is 10.6 Å². The molecule has 2 N–H and O–H groups in total. The van der Waals surface area contributed by atoms with Crippen molar-refractivity contribution in [3.8, 4) is 0 Å². The van der Waals surface area contributed by atoms with Crippen molar-refractivity contribution in [3.63, 3.8) is 0 Å². The summed E-state index contributed by atoms with van der Waals surface area (Å²) < 4.78 is 0. The van der Waals surface area contributed by atoms with Crippen molar-refractivity contribution in [2.45, 2.75) is 27.2 Å². The zero-order valence-electron chi connectivity index (χ0n) is 12.7. The third-order valence-electron chi connectivity index (χ3n) is 3.45. The Labute approximate surface area is 125 Å². The van der Waals surface area contributed by atoms with E-state index in [1.54, 1.807) is 18.3 Å². The van der Waals surface area contributed by atoms with E-state index in [1.807, 2.05) is 32.0 Å². The first kappa shape index (κ1) is 15.0. The Kier molecular flexibility index (Phi) is 4.93. The number of pyridine rings is 1. The number of hydrogen-bond acceptors (Lipinski definition) is 3. The van der Waals surface area contributed by atoms with Crippen molar-refractivity contribution >= 4 is 17.4 Å². The third-order valence-corrected chi connectivity index (χ3v) is 3.45. The van der Waals surface area contributed by atoms with Crippen molar-refractivity contribution in [1.29, 1.82) is 0 Å². The van der Waals surface area contributed by atoms with Crippen LogP contribution < -0.4 is 10.6 Å². The summed E-state index contributed by atoms with van der Waals surface area (Å²) in [6, 6.07) is 9.44. The molecule has 110 valence electrons. The lowest BCUT2D eigenvalue weighted by Gasteiger charge is -2.13. The fourth-order valence-corrected chi connectivity index (χ4v) is 2.05. The Balaban J connectivity index is 2.22. The van der Waals surface area contributed by atoms with Crippen LogP contribution in [0.3, 0.4) is 0 Å². The van der Waals surface area contributed by atoms with E-state index >= 15 is 0 Å². The van der Waals surface area contributed by atoms with Gasteiger partial charge >= 0.3 is 0 Å². The number of aromatic nitrogens is 1. The zero-order valence-corrected chi connectivity index (χ0v) is 12.7. The van der Waals surface area contributed by atoms with E-state index in [0.717, 1.165) is 29.8 Å². The van der Waals surface area contributed by atoms with Gasteiger partial charge in [0.1, 0.15) is 5.82 Å². The second kappa shape index (κ2) is 6.88. The lowest BCUT2D eigenvalue weighted by Crippen LogP contribution is -2.16. The minimum absolute atomic E-state index is 0.143. The molecule has 1 heterocycles. The first-order valence-electron chi connectivity index (χ1n) is 7.20. The minimum atomic E-state index is -0.143.